The Morgan fingerprint density at radius 3 is 2.64 bits per heavy atom. The Labute approximate surface area is 226 Å². The molecule has 0 amide bonds. The van der Waals surface area contributed by atoms with E-state index in [4.69, 9.17) is 28.4 Å². The first-order chi connectivity index (χ1) is 18.5. The molecule has 5 aliphatic heterocycles. The van der Waals surface area contributed by atoms with Gasteiger partial charge in [0, 0.05) is 24.3 Å². The van der Waals surface area contributed by atoms with Crippen molar-refractivity contribution in [2.24, 2.45) is 10.8 Å². The van der Waals surface area contributed by atoms with Crippen LogP contribution in [0.15, 0.2) is 23.8 Å². The lowest BCUT2D eigenvalue weighted by Crippen LogP contribution is -2.67. The van der Waals surface area contributed by atoms with Crippen molar-refractivity contribution in [3.8, 4) is 0 Å². The van der Waals surface area contributed by atoms with Gasteiger partial charge in [-0.2, -0.15) is 0 Å². The third-order valence-corrected chi connectivity index (χ3v) is 11.2. The largest absolute Gasteiger partial charge is 0.463 e. The van der Waals surface area contributed by atoms with Crippen LogP contribution in [0.4, 0.5) is 0 Å². The number of aliphatic hydroxyl groups excluding tert-OH is 1. The molecule has 10 heteroatoms. The number of hydrogen-bond acceptors (Lipinski definition) is 10. The van der Waals surface area contributed by atoms with E-state index < -0.39 is 57.9 Å². The van der Waals surface area contributed by atoms with Gasteiger partial charge in [0.15, 0.2) is 17.5 Å². The molecule has 5 fully saturated rings. The molecule has 39 heavy (non-hydrogen) atoms. The number of rotatable bonds is 1. The summed E-state index contributed by atoms with van der Waals surface area (Å²) >= 11 is 0. The minimum atomic E-state index is -1.54. The quantitative estimate of drug-likeness (QED) is 0.295. The predicted molar refractivity (Wildman–Crippen MR) is 132 cm³/mol. The van der Waals surface area contributed by atoms with Gasteiger partial charge in [-0.15, -0.1) is 0 Å². The van der Waals surface area contributed by atoms with Gasteiger partial charge >= 0.3 is 11.9 Å². The van der Waals surface area contributed by atoms with Crippen LogP contribution >= 0.6 is 0 Å². The summed E-state index contributed by atoms with van der Waals surface area (Å²) in [6.45, 7) is 6.20. The van der Waals surface area contributed by atoms with Gasteiger partial charge < -0.3 is 33.5 Å². The Morgan fingerprint density at radius 1 is 1.10 bits per heavy atom. The van der Waals surface area contributed by atoms with E-state index in [9.17, 15) is 19.5 Å². The van der Waals surface area contributed by atoms with Gasteiger partial charge in [-0.05, 0) is 39.5 Å². The second kappa shape index (κ2) is 8.22. The minimum absolute atomic E-state index is 0.0267. The number of fused-ring (bicyclic) bond motifs is 1. The zero-order valence-electron chi connectivity index (χ0n) is 22.6. The fourth-order valence-electron chi connectivity index (χ4n) is 8.58. The van der Waals surface area contributed by atoms with Gasteiger partial charge in [-0.25, -0.2) is 9.59 Å². The molecule has 3 spiro atoms. The second-order valence-electron chi connectivity index (χ2n) is 12.7. The normalized spacial score (nSPS) is 53.0. The molecule has 212 valence electrons. The molecule has 2 aliphatic carbocycles. The molecular formula is C29H36O10. The summed E-state index contributed by atoms with van der Waals surface area (Å²) in [5.41, 5.74) is -3.54. The molecule has 7 rings (SSSR count). The Bertz CT molecular complexity index is 1190. The summed E-state index contributed by atoms with van der Waals surface area (Å²) in [5.74, 6) is -1.43. The van der Waals surface area contributed by atoms with Gasteiger partial charge in [-0.1, -0.05) is 24.6 Å². The number of epoxide rings is 2. The average Bonchev–Trinajstić information content (AvgIpc) is 3.81. The highest BCUT2D eigenvalue weighted by Crippen LogP contribution is 2.72. The van der Waals surface area contributed by atoms with Crippen LogP contribution in [0.25, 0.3) is 0 Å². The molecule has 0 aromatic rings. The van der Waals surface area contributed by atoms with Crippen molar-refractivity contribution >= 4 is 17.7 Å². The topological polar surface area (TPSA) is 133 Å². The lowest BCUT2D eigenvalue weighted by Gasteiger charge is -2.58. The first-order valence-electron chi connectivity index (χ1n) is 14.1. The predicted octanol–water partition coefficient (Wildman–Crippen LogP) is 1.71. The van der Waals surface area contributed by atoms with Crippen LogP contribution in [-0.2, 0) is 42.8 Å². The minimum Gasteiger partial charge on any atom is -0.463 e. The summed E-state index contributed by atoms with van der Waals surface area (Å²) in [7, 11) is 0. The number of hydrogen-bond donors (Lipinski definition) is 1. The molecule has 4 bridgehead atoms. The van der Waals surface area contributed by atoms with Crippen LogP contribution in [0.2, 0.25) is 0 Å². The standard InChI is InChI=1S/C29H36O10/c1-16-7-9-26-14-34-23(32)22-28(39-22)10-11-35-27(17(2)30,24(28)33)8-5-4-6-21(31)38-18-13-20(37-19(26)12-16)29(15-36-29)25(18,26)3/h4,6,12,18-20,22,24,33H,5,7-11,13-15H2,1-3H3/b6-4-/t18-,19-,20-,22-,24-,25-,26-,27+,28-,29+/m1/s1. The number of ether oxygens (including phenoxy) is 6. The average molecular weight is 545 g/mol. The maximum Gasteiger partial charge on any atom is 0.338 e. The van der Waals surface area contributed by atoms with Gasteiger partial charge in [0.2, 0.25) is 0 Å². The maximum absolute atomic E-state index is 13.5. The van der Waals surface area contributed by atoms with Crippen molar-refractivity contribution in [1.82, 2.24) is 0 Å². The molecule has 7 aliphatic rings. The molecule has 0 unspecified atom stereocenters. The second-order valence-corrected chi connectivity index (χ2v) is 12.7. The van der Waals surface area contributed by atoms with E-state index in [0.29, 0.717) is 19.4 Å². The van der Waals surface area contributed by atoms with Crippen molar-refractivity contribution in [3.05, 3.63) is 23.8 Å². The SMILES string of the molecule is CC(=O)[C@]12CC/C=C\C(=O)O[C@@H]3C[C@H]4O[C@@H]5C=C(C)CC[C@]5(COC(=O)[C@H]5O[C@@]5(CCO1)[C@@H]2O)[C@]3(C)[C@]41CO1. The zero-order chi connectivity index (χ0) is 27.4. The van der Waals surface area contributed by atoms with Crippen molar-refractivity contribution in [2.45, 2.75) is 107 Å². The van der Waals surface area contributed by atoms with E-state index in [0.717, 1.165) is 6.42 Å². The fraction of sp³-hybridized carbons (Fsp3) is 0.759. The maximum atomic E-state index is 13.5. The molecule has 0 aromatic heterocycles. The number of Topliss-reactive ketones (excluding diaryl/α,β-unsaturated/α-hetero) is 1. The third kappa shape index (κ3) is 3.18. The lowest BCUT2D eigenvalue weighted by molar-refractivity contribution is -0.233. The van der Waals surface area contributed by atoms with Crippen LogP contribution in [0.5, 0.6) is 0 Å². The Hall–Kier alpha value is -2.11. The van der Waals surface area contributed by atoms with E-state index in [2.05, 4.69) is 19.9 Å². The Morgan fingerprint density at radius 2 is 1.90 bits per heavy atom. The molecule has 10 nitrogen and oxygen atoms in total. The van der Waals surface area contributed by atoms with E-state index in [1.165, 1.54) is 18.6 Å². The number of cyclic esters (lactones) is 1. The number of allylic oxidation sites excluding steroid dienone is 2. The van der Waals surface area contributed by atoms with E-state index in [1.807, 2.05) is 0 Å². The van der Waals surface area contributed by atoms with Gasteiger partial charge in [0.1, 0.15) is 30.0 Å². The van der Waals surface area contributed by atoms with Crippen LogP contribution in [0.1, 0.15) is 59.3 Å². The lowest BCUT2D eigenvalue weighted by atomic mass is 9.51. The summed E-state index contributed by atoms with van der Waals surface area (Å²) in [4.78, 5) is 39.4. The number of carbonyl (C=O) groups is 3. The van der Waals surface area contributed by atoms with Crippen molar-refractivity contribution < 1.29 is 47.9 Å². The Kier molecular flexibility index (Phi) is 5.45. The van der Waals surface area contributed by atoms with Gasteiger partial charge in [-0.3, -0.25) is 4.79 Å². The zero-order valence-corrected chi connectivity index (χ0v) is 22.6. The van der Waals surface area contributed by atoms with Crippen LogP contribution in [0, 0.1) is 10.8 Å². The monoisotopic (exact) mass is 544 g/mol. The highest BCUT2D eigenvalue weighted by atomic mass is 16.7. The summed E-state index contributed by atoms with van der Waals surface area (Å²) < 4.78 is 36.7. The summed E-state index contributed by atoms with van der Waals surface area (Å²) in [6, 6.07) is 0. The van der Waals surface area contributed by atoms with Crippen LogP contribution < -0.4 is 0 Å². The van der Waals surface area contributed by atoms with Crippen molar-refractivity contribution in [2.75, 3.05) is 19.8 Å². The third-order valence-electron chi connectivity index (χ3n) is 11.2. The molecule has 10 atom stereocenters. The first kappa shape index (κ1) is 25.8. The molecule has 0 aromatic carbocycles. The van der Waals surface area contributed by atoms with E-state index in [-0.39, 0.29) is 50.5 Å². The van der Waals surface area contributed by atoms with E-state index >= 15 is 0 Å². The molecule has 0 radical (unpaired) electrons. The molecule has 4 saturated heterocycles. The number of ketones is 1. The van der Waals surface area contributed by atoms with Crippen molar-refractivity contribution in [3.63, 3.8) is 0 Å². The van der Waals surface area contributed by atoms with E-state index in [1.54, 1.807) is 6.08 Å². The summed E-state index contributed by atoms with van der Waals surface area (Å²) in [6.07, 6.45) is 4.34. The number of carbonyl (C=O) groups excluding carboxylic acids is 3. The highest BCUT2D eigenvalue weighted by Gasteiger charge is 2.83. The smallest absolute Gasteiger partial charge is 0.338 e. The van der Waals surface area contributed by atoms with Crippen molar-refractivity contribution in [1.29, 1.82) is 0 Å². The molecular weight excluding hydrogens is 508 g/mol. The van der Waals surface area contributed by atoms with Gasteiger partial charge in [0.25, 0.3) is 0 Å². The van der Waals surface area contributed by atoms with Gasteiger partial charge in [0.05, 0.1) is 30.8 Å². The molecule has 1 saturated carbocycles. The Balaban J connectivity index is 1.29. The van der Waals surface area contributed by atoms with Crippen LogP contribution in [-0.4, -0.2) is 90.0 Å². The highest BCUT2D eigenvalue weighted by molar-refractivity contribution is 5.88. The molecule has 1 N–H and O–H groups in total. The number of esters is 2. The molecule has 5 heterocycles. The fourth-order valence-corrected chi connectivity index (χ4v) is 8.58. The summed E-state index contributed by atoms with van der Waals surface area (Å²) in [5, 5.41) is 11.4. The first-order valence-corrected chi connectivity index (χ1v) is 14.1. The number of aliphatic hydroxyl groups is 1. The van der Waals surface area contributed by atoms with Crippen LogP contribution in [0.3, 0.4) is 0 Å².